The molecule has 0 atom stereocenters. The second-order valence-corrected chi connectivity index (χ2v) is 3.12. The minimum Gasteiger partial charge on any atom is -0.238 e. The maximum absolute atomic E-state index is 8.70. The van der Waals surface area contributed by atoms with Gasteiger partial charge in [0.15, 0.2) is 0 Å². The zero-order valence-corrected chi connectivity index (χ0v) is 7.57. The van der Waals surface area contributed by atoms with Crippen LogP contribution in [0.4, 0.5) is 0 Å². The average molecular weight is 171 g/mol. The van der Waals surface area contributed by atoms with Gasteiger partial charge in [0, 0.05) is 5.69 Å². The van der Waals surface area contributed by atoms with E-state index in [1.807, 2.05) is 24.4 Å². The lowest BCUT2D eigenvalue weighted by Gasteiger charge is -1.96. The van der Waals surface area contributed by atoms with Crippen molar-refractivity contribution in [3.8, 4) is 6.07 Å². The predicted molar refractivity (Wildman–Crippen MR) is 49.4 cm³/mol. The lowest BCUT2D eigenvalue weighted by Crippen LogP contribution is -1.93. The van der Waals surface area contributed by atoms with Gasteiger partial charge in [-0.15, -0.1) is 0 Å². The van der Waals surface area contributed by atoms with E-state index in [9.17, 15) is 0 Å². The maximum atomic E-state index is 8.70. The van der Waals surface area contributed by atoms with Gasteiger partial charge in [-0.1, -0.05) is 0 Å². The number of rotatable bonds is 0. The molecule has 0 fully saturated rings. The molecule has 0 unspecified atom stereocenters. The summed E-state index contributed by atoms with van der Waals surface area (Å²) < 4.78 is 1.84. The Morgan fingerprint density at radius 1 is 1.38 bits per heavy atom. The molecule has 2 aromatic heterocycles. The Kier molecular flexibility index (Phi) is 1.56. The smallest absolute Gasteiger partial charge is 0.101 e. The summed E-state index contributed by atoms with van der Waals surface area (Å²) in [5, 5.41) is 12.9. The third-order valence-electron chi connectivity index (χ3n) is 2.13. The Balaban J connectivity index is 2.86. The van der Waals surface area contributed by atoms with Crippen molar-refractivity contribution in [2.24, 2.45) is 0 Å². The second kappa shape index (κ2) is 2.60. The first-order valence-corrected chi connectivity index (χ1v) is 4.07. The van der Waals surface area contributed by atoms with E-state index in [0.717, 1.165) is 16.8 Å². The molecule has 0 aliphatic carbocycles. The van der Waals surface area contributed by atoms with Gasteiger partial charge < -0.3 is 0 Å². The summed E-state index contributed by atoms with van der Waals surface area (Å²) in [5.41, 5.74) is 3.87. The van der Waals surface area contributed by atoms with Crippen LogP contribution in [-0.4, -0.2) is 9.61 Å². The van der Waals surface area contributed by atoms with Gasteiger partial charge in [-0.25, -0.2) is 4.52 Å². The molecule has 13 heavy (non-hydrogen) atoms. The highest BCUT2D eigenvalue weighted by atomic mass is 15.2. The van der Waals surface area contributed by atoms with Crippen LogP contribution in [0, 0.1) is 25.2 Å². The molecule has 2 aromatic rings. The lowest BCUT2D eigenvalue weighted by atomic mass is 10.2. The van der Waals surface area contributed by atoms with E-state index in [2.05, 4.69) is 17.2 Å². The van der Waals surface area contributed by atoms with E-state index in [1.165, 1.54) is 0 Å². The highest BCUT2D eigenvalue weighted by Gasteiger charge is 2.03. The van der Waals surface area contributed by atoms with E-state index < -0.39 is 0 Å². The molecule has 3 heteroatoms. The topological polar surface area (TPSA) is 41.1 Å². The van der Waals surface area contributed by atoms with Crippen LogP contribution in [-0.2, 0) is 0 Å². The quantitative estimate of drug-likeness (QED) is 0.606. The molecule has 2 heterocycles. The normalized spacial score (nSPS) is 10.2. The van der Waals surface area contributed by atoms with Crippen LogP contribution in [0.1, 0.15) is 16.8 Å². The van der Waals surface area contributed by atoms with Crippen LogP contribution in [0.25, 0.3) is 5.52 Å². The fourth-order valence-corrected chi connectivity index (χ4v) is 1.50. The van der Waals surface area contributed by atoms with Crippen LogP contribution >= 0.6 is 0 Å². The first-order chi connectivity index (χ1) is 6.22. The number of fused-ring (bicyclic) bond motifs is 1. The van der Waals surface area contributed by atoms with E-state index >= 15 is 0 Å². The van der Waals surface area contributed by atoms with Crippen LogP contribution in [0.2, 0.25) is 0 Å². The number of nitriles is 1. The SMILES string of the molecule is Cc1cc(C)n2ncc(C#N)cc12. The van der Waals surface area contributed by atoms with Crippen LogP contribution in [0.3, 0.4) is 0 Å². The number of aromatic nitrogens is 2. The van der Waals surface area contributed by atoms with Gasteiger partial charge in [-0.2, -0.15) is 10.4 Å². The Morgan fingerprint density at radius 2 is 2.15 bits per heavy atom. The first kappa shape index (κ1) is 7.81. The molecule has 0 aliphatic heterocycles. The van der Waals surface area contributed by atoms with E-state index in [0.29, 0.717) is 5.56 Å². The predicted octanol–water partition coefficient (Wildman–Crippen LogP) is 1.82. The minimum atomic E-state index is 0.605. The Bertz CT molecular complexity index is 503. The largest absolute Gasteiger partial charge is 0.238 e. The fourth-order valence-electron chi connectivity index (χ4n) is 1.50. The van der Waals surface area contributed by atoms with Crippen molar-refractivity contribution in [3.63, 3.8) is 0 Å². The highest BCUT2D eigenvalue weighted by Crippen LogP contribution is 2.14. The Hall–Kier alpha value is -1.82. The zero-order valence-electron chi connectivity index (χ0n) is 7.57. The van der Waals surface area contributed by atoms with Crippen molar-refractivity contribution in [1.82, 2.24) is 9.61 Å². The van der Waals surface area contributed by atoms with Gasteiger partial charge in [0.25, 0.3) is 0 Å². The van der Waals surface area contributed by atoms with Crippen molar-refractivity contribution in [2.45, 2.75) is 13.8 Å². The molecule has 0 spiro atoms. The third kappa shape index (κ3) is 1.07. The van der Waals surface area contributed by atoms with Crippen molar-refractivity contribution in [3.05, 3.63) is 35.2 Å². The molecule has 0 bridgehead atoms. The molecule has 0 N–H and O–H groups in total. The van der Waals surface area contributed by atoms with Crippen LogP contribution in [0.15, 0.2) is 18.3 Å². The van der Waals surface area contributed by atoms with Crippen molar-refractivity contribution >= 4 is 5.52 Å². The molecular weight excluding hydrogens is 162 g/mol. The molecule has 0 saturated carbocycles. The Morgan fingerprint density at radius 3 is 2.85 bits per heavy atom. The van der Waals surface area contributed by atoms with Crippen LogP contribution in [0.5, 0.6) is 0 Å². The fraction of sp³-hybridized carbons (Fsp3) is 0.200. The molecule has 64 valence electrons. The number of aryl methyl sites for hydroxylation is 2. The minimum absolute atomic E-state index is 0.605. The summed E-state index contributed by atoms with van der Waals surface area (Å²) in [4.78, 5) is 0. The van der Waals surface area contributed by atoms with E-state index in [-0.39, 0.29) is 0 Å². The van der Waals surface area contributed by atoms with Gasteiger partial charge in [0.05, 0.1) is 17.3 Å². The molecular formula is C10H9N3. The summed E-state index contributed by atoms with van der Waals surface area (Å²) in [5.74, 6) is 0. The average Bonchev–Trinajstić information content (AvgIpc) is 2.42. The first-order valence-electron chi connectivity index (χ1n) is 4.07. The van der Waals surface area contributed by atoms with Crippen molar-refractivity contribution < 1.29 is 0 Å². The van der Waals surface area contributed by atoms with Gasteiger partial charge in [-0.3, -0.25) is 0 Å². The summed E-state index contributed by atoms with van der Waals surface area (Å²) in [7, 11) is 0. The van der Waals surface area contributed by atoms with E-state index in [4.69, 9.17) is 5.26 Å². The van der Waals surface area contributed by atoms with Gasteiger partial charge >= 0.3 is 0 Å². The zero-order chi connectivity index (χ0) is 9.42. The van der Waals surface area contributed by atoms with Crippen LogP contribution < -0.4 is 0 Å². The molecule has 0 saturated heterocycles. The van der Waals surface area contributed by atoms with Gasteiger partial charge in [-0.05, 0) is 31.5 Å². The highest BCUT2D eigenvalue weighted by molar-refractivity contribution is 5.58. The molecule has 2 rings (SSSR count). The molecule has 3 nitrogen and oxygen atoms in total. The molecule has 0 radical (unpaired) electrons. The van der Waals surface area contributed by atoms with Crippen molar-refractivity contribution in [1.29, 1.82) is 5.26 Å². The second-order valence-electron chi connectivity index (χ2n) is 3.12. The van der Waals surface area contributed by atoms with Crippen molar-refractivity contribution in [2.75, 3.05) is 0 Å². The molecule has 0 amide bonds. The Labute approximate surface area is 76.2 Å². The number of hydrogen-bond acceptors (Lipinski definition) is 2. The summed E-state index contributed by atoms with van der Waals surface area (Å²) in [6.45, 7) is 4.02. The molecule has 0 aliphatic rings. The summed E-state index contributed by atoms with van der Waals surface area (Å²) >= 11 is 0. The van der Waals surface area contributed by atoms with Gasteiger partial charge in [0.1, 0.15) is 6.07 Å². The third-order valence-corrected chi connectivity index (χ3v) is 2.13. The summed E-state index contributed by atoms with van der Waals surface area (Å²) in [6.07, 6.45) is 1.58. The maximum Gasteiger partial charge on any atom is 0.101 e. The standard InChI is InChI=1S/C10H9N3/c1-7-3-8(2)13-10(7)4-9(5-11)6-12-13/h3-4,6H,1-2H3. The monoisotopic (exact) mass is 171 g/mol. The van der Waals surface area contributed by atoms with E-state index in [1.54, 1.807) is 6.20 Å². The molecule has 0 aromatic carbocycles. The lowest BCUT2D eigenvalue weighted by molar-refractivity contribution is 0.899. The van der Waals surface area contributed by atoms with Gasteiger partial charge in [0.2, 0.25) is 0 Å². The number of hydrogen-bond donors (Lipinski definition) is 0. The summed E-state index contributed by atoms with van der Waals surface area (Å²) in [6, 6.07) is 6.00. The number of nitrogens with zero attached hydrogens (tertiary/aromatic N) is 3.